The van der Waals surface area contributed by atoms with Crippen molar-refractivity contribution in [3.63, 3.8) is 0 Å². The third kappa shape index (κ3) is 4.32. The fourth-order valence-corrected chi connectivity index (χ4v) is 2.88. The maximum atomic E-state index is 10.6. The van der Waals surface area contributed by atoms with Crippen LogP contribution >= 0.6 is 0 Å². The molecule has 0 fully saturated rings. The summed E-state index contributed by atoms with van der Waals surface area (Å²) in [5, 5.41) is 10.6. The van der Waals surface area contributed by atoms with E-state index in [1.54, 1.807) is 0 Å². The normalized spacial score (nSPS) is 13.3. The minimum absolute atomic E-state index is 0.394. The van der Waals surface area contributed by atoms with Gasteiger partial charge in [0.05, 0.1) is 6.10 Å². The molecule has 0 aliphatic carbocycles. The molecule has 0 aliphatic rings. The van der Waals surface area contributed by atoms with Crippen molar-refractivity contribution in [3.8, 4) is 0 Å². The molecule has 2 heteroatoms. The van der Waals surface area contributed by atoms with E-state index in [4.69, 9.17) is 0 Å². The van der Waals surface area contributed by atoms with Gasteiger partial charge >= 0.3 is 0 Å². The summed E-state index contributed by atoms with van der Waals surface area (Å²) in [6.45, 7) is 14.6. The molecule has 0 spiro atoms. The molecule has 2 nitrogen and oxygen atoms in total. The van der Waals surface area contributed by atoms with Crippen LogP contribution in [0.15, 0.2) is 12.1 Å². The van der Waals surface area contributed by atoms with Crippen LogP contribution in [0.2, 0.25) is 0 Å². The maximum Gasteiger partial charge on any atom is 0.0922 e. The van der Waals surface area contributed by atoms with Gasteiger partial charge in [0, 0.05) is 12.6 Å². The van der Waals surface area contributed by atoms with E-state index >= 15 is 0 Å². The number of aliphatic hydroxyl groups is 1. The first-order chi connectivity index (χ1) is 8.86. The third-order valence-corrected chi connectivity index (χ3v) is 3.72. The van der Waals surface area contributed by atoms with Crippen molar-refractivity contribution < 1.29 is 5.11 Å². The second kappa shape index (κ2) is 7.06. The summed E-state index contributed by atoms with van der Waals surface area (Å²) in [5.41, 5.74) is 4.77. The highest BCUT2D eigenvalue weighted by Gasteiger charge is 2.18. The Morgan fingerprint density at radius 2 is 1.63 bits per heavy atom. The molecule has 0 saturated carbocycles. The summed E-state index contributed by atoms with van der Waals surface area (Å²) in [4.78, 5) is 2.35. The maximum absolute atomic E-state index is 10.6. The smallest absolute Gasteiger partial charge is 0.0922 e. The molecule has 1 N–H and O–H groups in total. The van der Waals surface area contributed by atoms with Crippen molar-refractivity contribution in [1.29, 1.82) is 0 Å². The SMILES string of the molecule is CCCN(CC(O)c1c(C)cc(C)cc1C)C(C)C. The fourth-order valence-electron chi connectivity index (χ4n) is 2.88. The van der Waals surface area contributed by atoms with Gasteiger partial charge < -0.3 is 5.11 Å². The van der Waals surface area contributed by atoms with Gasteiger partial charge in [-0.3, -0.25) is 4.90 Å². The highest BCUT2D eigenvalue weighted by molar-refractivity contribution is 5.39. The van der Waals surface area contributed by atoms with Gasteiger partial charge in [0.15, 0.2) is 0 Å². The van der Waals surface area contributed by atoms with Gasteiger partial charge in [-0.05, 0) is 64.3 Å². The average molecular weight is 263 g/mol. The van der Waals surface area contributed by atoms with Crippen LogP contribution in [0.1, 0.15) is 55.5 Å². The van der Waals surface area contributed by atoms with Gasteiger partial charge in [-0.2, -0.15) is 0 Å². The van der Waals surface area contributed by atoms with Gasteiger partial charge in [-0.1, -0.05) is 24.6 Å². The molecule has 1 rings (SSSR count). The molecule has 1 atom stereocenters. The molecule has 0 aromatic heterocycles. The first kappa shape index (κ1) is 16.2. The topological polar surface area (TPSA) is 23.5 Å². The number of aryl methyl sites for hydroxylation is 3. The summed E-state index contributed by atoms with van der Waals surface area (Å²) in [7, 11) is 0. The zero-order valence-electron chi connectivity index (χ0n) is 13.3. The van der Waals surface area contributed by atoms with Crippen molar-refractivity contribution in [2.45, 2.75) is 60.1 Å². The molecule has 0 amide bonds. The second-order valence-corrected chi connectivity index (χ2v) is 5.92. The quantitative estimate of drug-likeness (QED) is 0.844. The van der Waals surface area contributed by atoms with E-state index in [0.29, 0.717) is 6.04 Å². The minimum atomic E-state index is -0.394. The number of hydrogen-bond donors (Lipinski definition) is 1. The molecule has 1 aromatic rings. The first-order valence-electron chi connectivity index (χ1n) is 7.36. The third-order valence-electron chi connectivity index (χ3n) is 3.72. The lowest BCUT2D eigenvalue weighted by Gasteiger charge is -2.29. The Bertz CT molecular complexity index is 389. The van der Waals surface area contributed by atoms with Crippen LogP contribution in [0.3, 0.4) is 0 Å². The predicted octanol–water partition coefficient (Wildman–Crippen LogP) is 3.77. The van der Waals surface area contributed by atoms with Crippen molar-refractivity contribution in [2.75, 3.05) is 13.1 Å². The number of rotatable bonds is 6. The van der Waals surface area contributed by atoms with Crippen LogP contribution < -0.4 is 0 Å². The Labute approximate surface area is 118 Å². The molecule has 0 radical (unpaired) electrons. The predicted molar refractivity (Wildman–Crippen MR) is 82.6 cm³/mol. The molecule has 0 bridgehead atoms. The number of benzene rings is 1. The van der Waals surface area contributed by atoms with Crippen LogP contribution in [-0.2, 0) is 0 Å². The van der Waals surface area contributed by atoms with E-state index < -0.39 is 6.10 Å². The van der Waals surface area contributed by atoms with Crippen LogP contribution in [-0.4, -0.2) is 29.1 Å². The molecule has 108 valence electrons. The number of aliphatic hydroxyl groups excluding tert-OH is 1. The molecule has 1 aromatic carbocycles. The largest absolute Gasteiger partial charge is 0.387 e. The summed E-state index contributed by atoms with van der Waals surface area (Å²) >= 11 is 0. The lowest BCUT2D eigenvalue weighted by molar-refractivity contribution is 0.0947. The summed E-state index contributed by atoms with van der Waals surface area (Å²) in [5.74, 6) is 0. The Balaban J connectivity index is 2.91. The average Bonchev–Trinajstić information content (AvgIpc) is 2.26. The molecular formula is C17H29NO. The summed E-state index contributed by atoms with van der Waals surface area (Å²) in [6.07, 6.45) is 0.728. The van der Waals surface area contributed by atoms with Gasteiger partial charge in [0.1, 0.15) is 0 Å². The molecule has 0 heterocycles. The van der Waals surface area contributed by atoms with Crippen LogP contribution in [0.25, 0.3) is 0 Å². The molecule has 1 unspecified atom stereocenters. The van der Waals surface area contributed by atoms with Gasteiger partial charge in [-0.25, -0.2) is 0 Å². The molecule has 0 saturated heterocycles. The highest BCUT2D eigenvalue weighted by atomic mass is 16.3. The summed E-state index contributed by atoms with van der Waals surface area (Å²) in [6, 6.07) is 4.79. The van der Waals surface area contributed by atoms with Gasteiger partial charge in [0.2, 0.25) is 0 Å². The van der Waals surface area contributed by atoms with Gasteiger partial charge in [-0.15, -0.1) is 0 Å². The van der Waals surface area contributed by atoms with E-state index in [9.17, 15) is 5.11 Å². The minimum Gasteiger partial charge on any atom is -0.387 e. The number of nitrogens with zero attached hydrogens (tertiary/aromatic N) is 1. The van der Waals surface area contributed by atoms with Crippen LogP contribution in [0, 0.1) is 20.8 Å². The highest BCUT2D eigenvalue weighted by Crippen LogP contribution is 2.24. The van der Waals surface area contributed by atoms with Crippen molar-refractivity contribution in [3.05, 3.63) is 34.4 Å². The molecular weight excluding hydrogens is 234 g/mol. The monoisotopic (exact) mass is 263 g/mol. The van der Waals surface area contributed by atoms with E-state index in [2.05, 4.69) is 58.6 Å². The standard InChI is InChI=1S/C17H29NO/c1-7-8-18(12(2)3)11-16(19)17-14(5)9-13(4)10-15(17)6/h9-10,12,16,19H,7-8,11H2,1-6H3. The Morgan fingerprint density at radius 1 is 1.11 bits per heavy atom. The van der Waals surface area contributed by atoms with Crippen molar-refractivity contribution in [2.24, 2.45) is 0 Å². The number of hydrogen-bond acceptors (Lipinski definition) is 2. The van der Waals surface area contributed by atoms with Crippen LogP contribution in [0.5, 0.6) is 0 Å². The molecule has 19 heavy (non-hydrogen) atoms. The Kier molecular flexibility index (Phi) is 6.02. The fraction of sp³-hybridized carbons (Fsp3) is 0.647. The van der Waals surface area contributed by atoms with Crippen molar-refractivity contribution >= 4 is 0 Å². The van der Waals surface area contributed by atoms with Crippen molar-refractivity contribution in [1.82, 2.24) is 4.90 Å². The lowest BCUT2D eigenvalue weighted by atomic mass is 9.95. The van der Waals surface area contributed by atoms with E-state index in [1.807, 2.05) is 0 Å². The first-order valence-corrected chi connectivity index (χ1v) is 7.36. The van der Waals surface area contributed by atoms with E-state index in [1.165, 1.54) is 16.7 Å². The van der Waals surface area contributed by atoms with E-state index in [-0.39, 0.29) is 0 Å². The zero-order chi connectivity index (χ0) is 14.6. The zero-order valence-corrected chi connectivity index (χ0v) is 13.3. The van der Waals surface area contributed by atoms with Crippen LogP contribution in [0.4, 0.5) is 0 Å². The molecule has 0 aliphatic heterocycles. The Hall–Kier alpha value is -0.860. The lowest BCUT2D eigenvalue weighted by Crippen LogP contribution is -2.35. The second-order valence-electron chi connectivity index (χ2n) is 5.92. The summed E-state index contributed by atoms with van der Waals surface area (Å²) < 4.78 is 0. The van der Waals surface area contributed by atoms with Gasteiger partial charge in [0.25, 0.3) is 0 Å². The Morgan fingerprint density at radius 3 is 2.05 bits per heavy atom. The van der Waals surface area contributed by atoms with E-state index in [0.717, 1.165) is 25.1 Å².